The van der Waals surface area contributed by atoms with Crippen LogP contribution in [0.5, 0.6) is 5.75 Å². The number of nitrogens with zero attached hydrogens (tertiary/aromatic N) is 1. The van der Waals surface area contributed by atoms with Crippen molar-refractivity contribution in [1.82, 2.24) is 10.2 Å². The molecule has 2 aromatic carbocycles. The first-order valence-corrected chi connectivity index (χ1v) is 11.7. The minimum absolute atomic E-state index is 0.0280. The first-order valence-electron chi connectivity index (χ1n) is 10.1. The molecular formula is C24H17BrCl2N2O6. The van der Waals surface area contributed by atoms with Crippen molar-refractivity contribution < 1.29 is 28.3 Å². The van der Waals surface area contributed by atoms with Crippen LogP contribution >= 0.6 is 39.1 Å². The quantitative estimate of drug-likeness (QED) is 0.215. The molecule has 0 aliphatic carbocycles. The van der Waals surface area contributed by atoms with Gasteiger partial charge in [0.1, 0.15) is 23.8 Å². The Kier molecular flexibility index (Phi) is 7.49. The molecule has 1 aliphatic rings. The molecule has 4 rings (SSSR count). The summed E-state index contributed by atoms with van der Waals surface area (Å²) in [6.45, 7) is 0.0686. The van der Waals surface area contributed by atoms with E-state index in [2.05, 4.69) is 26.0 Å². The van der Waals surface area contributed by atoms with Gasteiger partial charge in [0, 0.05) is 15.6 Å². The van der Waals surface area contributed by atoms with E-state index < -0.39 is 17.9 Å². The molecule has 0 radical (unpaired) electrons. The van der Waals surface area contributed by atoms with E-state index in [9.17, 15) is 14.4 Å². The van der Waals surface area contributed by atoms with Crippen molar-refractivity contribution in [2.45, 2.75) is 13.2 Å². The third-order valence-corrected chi connectivity index (χ3v) is 6.02. The molecule has 1 aliphatic heterocycles. The zero-order chi connectivity index (χ0) is 25.1. The number of furan rings is 1. The lowest BCUT2D eigenvalue weighted by Crippen LogP contribution is -2.30. The Balaban J connectivity index is 1.56. The maximum absolute atomic E-state index is 13.0. The topological polar surface area (TPSA) is 98.1 Å². The van der Waals surface area contributed by atoms with E-state index >= 15 is 0 Å². The van der Waals surface area contributed by atoms with Crippen molar-refractivity contribution in [2.24, 2.45) is 0 Å². The van der Waals surface area contributed by atoms with Crippen LogP contribution in [0.1, 0.15) is 27.4 Å². The molecule has 0 bridgehead atoms. The number of carbonyl (C=O) groups is 3. The molecule has 0 spiro atoms. The highest BCUT2D eigenvalue weighted by Gasteiger charge is 2.34. The van der Waals surface area contributed by atoms with Gasteiger partial charge in [-0.2, -0.15) is 0 Å². The Morgan fingerprint density at radius 2 is 1.86 bits per heavy atom. The van der Waals surface area contributed by atoms with E-state index in [4.69, 9.17) is 32.4 Å². The number of benzene rings is 2. The van der Waals surface area contributed by atoms with E-state index in [1.807, 2.05) is 12.1 Å². The molecule has 1 saturated heterocycles. The summed E-state index contributed by atoms with van der Waals surface area (Å²) >= 11 is 15.6. The highest BCUT2D eigenvalue weighted by atomic mass is 79.9. The SMILES string of the molecule is COC(=O)c1ccc(CN2C(=O)N/C(=C\c3cc(Cl)cc(Br)c3OCc3ccc(Cl)cc3)C2=O)o1. The van der Waals surface area contributed by atoms with Crippen LogP contribution in [-0.2, 0) is 22.7 Å². The molecule has 8 nitrogen and oxygen atoms in total. The van der Waals surface area contributed by atoms with Crippen molar-refractivity contribution in [2.75, 3.05) is 7.11 Å². The van der Waals surface area contributed by atoms with Crippen molar-refractivity contribution in [1.29, 1.82) is 0 Å². The Hall–Kier alpha value is -3.27. The summed E-state index contributed by atoms with van der Waals surface area (Å²) in [4.78, 5) is 38.0. The maximum Gasteiger partial charge on any atom is 0.373 e. The van der Waals surface area contributed by atoms with Crippen LogP contribution in [0.4, 0.5) is 4.79 Å². The lowest BCUT2D eigenvalue weighted by Gasteiger charge is -2.13. The van der Waals surface area contributed by atoms with Gasteiger partial charge in [-0.1, -0.05) is 35.3 Å². The molecule has 0 unspecified atom stereocenters. The largest absolute Gasteiger partial charge is 0.487 e. The monoisotopic (exact) mass is 578 g/mol. The number of imide groups is 1. The van der Waals surface area contributed by atoms with Crippen LogP contribution in [0.2, 0.25) is 10.0 Å². The van der Waals surface area contributed by atoms with Gasteiger partial charge in [-0.15, -0.1) is 0 Å². The molecule has 0 atom stereocenters. The number of carbonyl (C=O) groups excluding carboxylic acids is 3. The Bertz CT molecular complexity index is 1340. The molecule has 0 saturated carbocycles. The molecule has 180 valence electrons. The Morgan fingerprint density at radius 1 is 1.11 bits per heavy atom. The van der Waals surface area contributed by atoms with Gasteiger partial charge in [0.05, 0.1) is 18.1 Å². The molecule has 2 heterocycles. The third-order valence-electron chi connectivity index (χ3n) is 4.96. The number of halogens is 3. The standard InChI is InChI=1S/C24H17BrCl2N2O6/c1-33-23(31)20-7-6-17(35-20)11-29-22(30)19(28-24(29)32)9-14-8-16(27)10-18(25)21(14)34-12-13-2-4-15(26)5-3-13/h2-10H,11-12H2,1H3,(H,28,32)/b19-9-. The summed E-state index contributed by atoms with van der Waals surface area (Å²) in [5.41, 5.74) is 1.39. The van der Waals surface area contributed by atoms with Gasteiger partial charge in [-0.3, -0.25) is 9.69 Å². The zero-order valence-electron chi connectivity index (χ0n) is 18.1. The lowest BCUT2D eigenvalue weighted by molar-refractivity contribution is -0.123. The maximum atomic E-state index is 13.0. The molecule has 3 aromatic rings. The Labute approximate surface area is 218 Å². The van der Waals surface area contributed by atoms with Crippen molar-refractivity contribution >= 4 is 63.1 Å². The normalized spacial score (nSPS) is 14.4. The molecule has 1 N–H and O–H groups in total. The number of hydrogen-bond donors (Lipinski definition) is 1. The predicted molar refractivity (Wildman–Crippen MR) is 132 cm³/mol. The van der Waals surface area contributed by atoms with Crippen LogP contribution in [0.3, 0.4) is 0 Å². The first-order chi connectivity index (χ1) is 16.7. The Morgan fingerprint density at radius 3 is 2.57 bits per heavy atom. The van der Waals surface area contributed by atoms with Crippen molar-refractivity contribution in [3.05, 3.63) is 91.4 Å². The fraction of sp³-hybridized carbons (Fsp3) is 0.125. The van der Waals surface area contributed by atoms with E-state index in [0.717, 1.165) is 10.5 Å². The fourth-order valence-corrected chi connectivity index (χ4v) is 4.35. The van der Waals surface area contributed by atoms with Gasteiger partial charge < -0.3 is 19.2 Å². The number of methoxy groups -OCH3 is 1. The van der Waals surface area contributed by atoms with Gasteiger partial charge in [0.25, 0.3) is 5.91 Å². The van der Waals surface area contributed by atoms with E-state index in [-0.39, 0.29) is 30.4 Å². The fourth-order valence-electron chi connectivity index (χ4n) is 3.28. The molecule has 35 heavy (non-hydrogen) atoms. The smallest absolute Gasteiger partial charge is 0.373 e. The van der Waals surface area contributed by atoms with Crippen molar-refractivity contribution in [3.63, 3.8) is 0 Å². The average Bonchev–Trinajstić information content (AvgIpc) is 3.39. The lowest BCUT2D eigenvalue weighted by atomic mass is 10.1. The summed E-state index contributed by atoms with van der Waals surface area (Å²) in [6, 6.07) is 12.7. The summed E-state index contributed by atoms with van der Waals surface area (Å²) in [7, 11) is 1.22. The second-order valence-electron chi connectivity index (χ2n) is 7.36. The van der Waals surface area contributed by atoms with Crippen molar-refractivity contribution in [3.8, 4) is 5.75 Å². The summed E-state index contributed by atoms with van der Waals surface area (Å²) in [5.74, 6) is -0.590. The number of ether oxygens (including phenoxy) is 2. The van der Waals surface area contributed by atoms with E-state index in [1.165, 1.54) is 25.3 Å². The highest BCUT2D eigenvalue weighted by Crippen LogP contribution is 2.35. The second kappa shape index (κ2) is 10.6. The average molecular weight is 580 g/mol. The molecule has 1 fully saturated rings. The summed E-state index contributed by atoms with van der Waals surface area (Å²) in [5, 5.41) is 3.56. The molecule has 1 aromatic heterocycles. The van der Waals surface area contributed by atoms with Crippen LogP contribution in [-0.4, -0.2) is 29.9 Å². The minimum Gasteiger partial charge on any atom is -0.487 e. The number of hydrogen-bond acceptors (Lipinski definition) is 6. The summed E-state index contributed by atoms with van der Waals surface area (Å²) < 4.78 is 16.5. The number of rotatable bonds is 7. The highest BCUT2D eigenvalue weighted by molar-refractivity contribution is 9.10. The third kappa shape index (κ3) is 5.70. The number of esters is 1. The summed E-state index contributed by atoms with van der Waals surface area (Å²) in [6.07, 6.45) is 1.48. The van der Waals surface area contributed by atoms with Crippen LogP contribution in [0.25, 0.3) is 6.08 Å². The van der Waals surface area contributed by atoms with Crippen LogP contribution in [0, 0.1) is 0 Å². The molecular weight excluding hydrogens is 563 g/mol. The van der Waals surface area contributed by atoms with Gasteiger partial charge in [-0.05, 0) is 64.0 Å². The minimum atomic E-state index is -0.660. The van der Waals surface area contributed by atoms with Gasteiger partial charge in [0.2, 0.25) is 5.76 Å². The van der Waals surface area contributed by atoms with E-state index in [1.54, 1.807) is 24.3 Å². The number of urea groups is 1. The van der Waals surface area contributed by atoms with Gasteiger partial charge in [0.15, 0.2) is 0 Å². The molecule has 3 amide bonds. The van der Waals surface area contributed by atoms with Crippen LogP contribution < -0.4 is 10.1 Å². The predicted octanol–water partition coefficient (Wildman–Crippen LogP) is 5.81. The van der Waals surface area contributed by atoms with Crippen LogP contribution in [0.15, 0.2) is 63.1 Å². The number of amides is 3. The van der Waals surface area contributed by atoms with E-state index in [0.29, 0.717) is 25.8 Å². The first kappa shape index (κ1) is 24.8. The van der Waals surface area contributed by atoms with Gasteiger partial charge in [-0.25, -0.2) is 9.59 Å². The number of nitrogens with one attached hydrogen (secondary N) is 1. The molecule has 11 heteroatoms. The van der Waals surface area contributed by atoms with Gasteiger partial charge >= 0.3 is 12.0 Å². The zero-order valence-corrected chi connectivity index (χ0v) is 21.2. The second-order valence-corrected chi connectivity index (χ2v) is 9.09.